The first-order chi connectivity index (χ1) is 8.79. The van der Waals surface area contributed by atoms with E-state index < -0.39 is 0 Å². The molecule has 1 aromatic rings. The molecule has 0 atom stereocenters. The number of rotatable bonds is 5. The Labute approximate surface area is 113 Å². The van der Waals surface area contributed by atoms with Gasteiger partial charge in [-0.25, -0.2) is 9.97 Å². The molecule has 6 heteroatoms. The standard InChI is InChI=1S/C12H19ClN4O/c1-18-7-6-17-4-2-10(3-5-17)16-12-11(13)8-14-9-15-12/h8-10H,2-7H2,1H3,(H,14,15,16). The van der Waals surface area contributed by atoms with E-state index in [0.29, 0.717) is 11.1 Å². The second kappa shape index (κ2) is 6.87. The number of ether oxygens (including phenoxy) is 1. The predicted molar refractivity (Wildman–Crippen MR) is 72.0 cm³/mol. The second-order valence-corrected chi connectivity index (χ2v) is 4.88. The highest BCUT2D eigenvalue weighted by Gasteiger charge is 2.19. The van der Waals surface area contributed by atoms with Gasteiger partial charge in [-0.3, -0.25) is 0 Å². The van der Waals surface area contributed by atoms with E-state index in [9.17, 15) is 0 Å². The molecular formula is C12H19ClN4O. The zero-order chi connectivity index (χ0) is 12.8. The molecule has 2 rings (SSSR count). The number of methoxy groups -OCH3 is 1. The van der Waals surface area contributed by atoms with E-state index in [2.05, 4.69) is 20.2 Å². The monoisotopic (exact) mass is 270 g/mol. The maximum Gasteiger partial charge on any atom is 0.148 e. The number of halogens is 1. The van der Waals surface area contributed by atoms with Crippen LogP contribution in [0.1, 0.15) is 12.8 Å². The Morgan fingerprint density at radius 2 is 2.28 bits per heavy atom. The van der Waals surface area contributed by atoms with Crippen molar-refractivity contribution in [2.45, 2.75) is 18.9 Å². The molecule has 0 saturated carbocycles. The minimum atomic E-state index is 0.441. The molecule has 0 bridgehead atoms. The van der Waals surface area contributed by atoms with Crippen molar-refractivity contribution in [3.8, 4) is 0 Å². The van der Waals surface area contributed by atoms with Crippen LogP contribution in [0.25, 0.3) is 0 Å². The minimum Gasteiger partial charge on any atom is -0.383 e. The van der Waals surface area contributed by atoms with Crippen molar-refractivity contribution in [3.05, 3.63) is 17.5 Å². The normalized spacial score (nSPS) is 17.9. The lowest BCUT2D eigenvalue weighted by Crippen LogP contribution is -2.40. The van der Waals surface area contributed by atoms with Crippen LogP contribution in [0.15, 0.2) is 12.5 Å². The third kappa shape index (κ3) is 3.80. The van der Waals surface area contributed by atoms with Gasteiger partial charge in [-0.05, 0) is 12.8 Å². The van der Waals surface area contributed by atoms with E-state index in [4.69, 9.17) is 16.3 Å². The number of piperidine rings is 1. The number of aromatic nitrogens is 2. The number of hydrogen-bond acceptors (Lipinski definition) is 5. The molecule has 1 saturated heterocycles. The van der Waals surface area contributed by atoms with Gasteiger partial charge in [-0.15, -0.1) is 0 Å². The fourth-order valence-electron chi connectivity index (χ4n) is 2.13. The van der Waals surface area contributed by atoms with Crippen LogP contribution in [0, 0.1) is 0 Å². The van der Waals surface area contributed by atoms with Crippen LogP contribution in [0.5, 0.6) is 0 Å². The summed E-state index contributed by atoms with van der Waals surface area (Å²) in [7, 11) is 1.74. The van der Waals surface area contributed by atoms with E-state index in [0.717, 1.165) is 44.9 Å². The second-order valence-electron chi connectivity index (χ2n) is 4.47. The fraction of sp³-hybridized carbons (Fsp3) is 0.667. The first kappa shape index (κ1) is 13.5. The molecule has 100 valence electrons. The summed E-state index contributed by atoms with van der Waals surface area (Å²) in [5.74, 6) is 0.738. The summed E-state index contributed by atoms with van der Waals surface area (Å²) < 4.78 is 5.09. The molecular weight excluding hydrogens is 252 g/mol. The van der Waals surface area contributed by atoms with Gasteiger partial charge < -0.3 is 15.0 Å². The summed E-state index contributed by atoms with van der Waals surface area (Å²) in [5.41, 5.74) is 0. The maximum absolute atomic E-state index is 6.03. The van der Waals surface area contributed by atoms with Crippen molar-refractivity contribution < 1.29 is 4.74 Å². The van der Waals surface area contributed by atoms with E-state index in [1.807, 2.05) is 0 Å². The van der Waals surface area contributed by atoms with Crippen LogP contribution < -0.4 is 5.32 Å². The predicted octanol–water partition coefficient (Wildman–Crippen LogP) is 1.65. The fourth-order valence-corrected chi connectivity index (χ4v) is 2.29. The van der Waals surface area contributed by atoms with Gasteiger partial charge in [0, 0.05) is 32.8 Å². The lowest BCUT2D eigenvalue weighted by atomic mass is 10.1. The Hall–Kier alpha value is -0.910. The van der Waals surface area contributed by atoms with Crippen molar-refractivity contribution in [1.82, 2.24) is 14.9 Å². The zero-order valence-corrected chi connectivity index (χ0v) is 11.4. The summed E-state index contributed by atoms with van der Waals surface area (Å²) in [6, 6.07) is 0.441. The molecule has 1 aliphatic rings. The van der Waals surface area contributed by atoms with Crippen molar-refractivity contribution >= 4 is 17.4 Å². The third-order valence-electron chi connectivity index (χ3n) is 3.21. The van der Waals surface area contributed by atoms with Crippen LogP contribution in [-0.2, 0) is 4.74 Å². The van der Waals surface area contributed by atoms with Gasteiger partial charge in [0.15, 0.2) is 0 Å². The Morgan fingerprint density at radius 1 is 1.50 bits per heavy atom. The molecule has 1 N–H and O–H groups in total. The van der Waals surface area contributed by atoms with Crippen molar-refractivity contribution in [2.75, 3.05) is 38.7 Å². The molecule has 5 nitrogen and oxygen atoms in total. The van der Waals surface area contributed by atoms with Crippen LogP contribution >= 0.6 is 11.6 Å². The topological polar surface area (TPSA) is 50.3 Å². The van der Waals surface area contributed by atoms with Gasteiger partial charge in [0.25, 0.3) is 0 Å². The SMILES string of the molecule is COCCN1CCC(Nc2ncncc2Cl)CC1. The van der Waals surface area contributed by atoms with Gasteiger partial charge >= 0.3 is 0 Å². The average molecular weight is 271 g/mol. The lowest BCUT2D eigenvalue weighted by Gasteiger charge is -2.32. The maximum atomic E-state index is 6.03. The molecule has 0 unspecified atom stereocenters. The molecule has 1 aromatic heterocycles. The Morgan fingerprint density at radius 3 is 2.94 bits per heavy atom. The average Bonchev–Trinajstić information content (AvgIpc) is 2.41. The van der Waals surface area contributed by atoms with Gasteiger partial charge in [0.2, 0.25) is 0 Å². The first-order valence-electron chi connectivity index (χ1n) is 6.23. The van der Waals surface area contributed by atoms with Crippen LogP contribution in [-0.4, -0.2) is 54.3 Å². The van der Waals surface area contributed by atoms with Crippen molar-refractivity contribution in [3.63, 3.8) is 0 Å². The van der Waals surface area contributed by atoms with E-state index >= 15 is 0 Å². The summed E-state index contributed by atoms with van der Waals surface area (Å²) in [6.45, 7) is 3.99. The summed E-state index contributed by atoms with van der Waals surface area (Å²) >= 11 is 6.03. The third-order valence-corrected chi connectivity index (χ3v) is 3.48. The quantitative estimate of drug-likeness (QED) is 0.882. The Bertz CT molecular complexity index is 369. The molecule has 2 heterocycles. The largest absolute Gasteiger partial charge is 0.383 e. The van der Waals surface area contributed by atoms with Crippen LogP contribution in [0.3, 0.4) is 0 Å². The number of nitrogens with zero attached hydrogens (tertiary/aromatic N) is 3. The number of anilines is 1. The summed E-state index contributed by atoms with van der Waals surface area (Å²) in [4.78, 5) is 10.5. The van der Waals surface area contributed by atoms with Crippen LogP contribution in [0.4, 0.5) is 5.82 Å². The molecule has 0 radical (unpaired) electrons. The van der Waals surface area contributed by atoms with Gasteiger partial charge in [-0.2, -0.15) is 0 Å². The van der Waals surface area contributed by atoms with E-state index in [-0.39, 0.29) is 0 Å². The Balaban J connectivity index is 1.78. The smallest absolute Gasteiger partial charge is 0.148 e. The van der Waals surface area contributed by atoms with Crippen LogP contribution in [0.2, 0.25) is 5.02 Å². The van der Waals surface area contributed by atoms with Gasteiger partial charge in [0.1, 0.15) is 17.2 Å². The molecule has 18 heavy (non-hydrogen) atoms. The molecule has 1 fully saturated rings. The number of nitrogens with one attached hydrogen (secondary N) is 1. The van der Waals surface area contributed by atoms with Gasteiger partial charge in [0.05, 0.1) is 12.8 Å². The molecule has 0 spiro atoms. The highest BCUT2D eigenvalue weighted by atomic mass is 35.5. The Kier molecular flexibility index (Phi) is 5.16. The molecule has 0 aliphatic carbocycles. The molecule has 0 amide bonds. The lowest BCUT2D eigenvalue weighted by molar-refractivity contribution is 0.132. The van der Waals surface area contributed by atoms with Crippen molar-refractivity contribution in [1.29, 1.82) is 0 Å². The first-order valence-corrected chi connectivity index (χ1v) is 6.60. The number of hydrogen-bond donors (Lipinski definition) is 1. The van der Waals surface area contributed by atoms with Gasteiger partial charge in [-0.1, -0.05) is 11.6 Å². The summed E-state index contributed by atoms with van der Waals surface area (Å²) in [6.07, 6.45) is 5.33. The highest BCUT2D eigenvalue weighted by Crippen LogP contribution is 2.20. The van der Waals surface area contributed by atoms with E-state index in [1.54, 1.807) is 13.3 Å². The summed E-state index contributed by atoms with van der Waals surface area (Å²) in [5, 5.41) is 3.97. The van der Waals surface area contributed by atoms with Crippen molar-refractivity contribution in [2.24, 2.45) is 0 Å². The minimum absolute atomic E-state index is 0.441. The zero-order valence-electron chi connectivity index (χ0n) is 10.6. The molecule has 1 aliphatic heterocycles. The number of likely N-dealkylation sites (tertiary alicyclic amines) is 1. The highest BCUT2D eigenvalue weighted by molar-refractivity contribution is 6.32. The van der Waals surface area contributed by atoms with E-state index in [1.165, 1.54) is 6.33 Å². The molecule has 0 aromatic carbocycles.